The molecule has 3 aromatic carbocycles. The second-order valence-corrected chi connectivity index (χ2v) is 10.1. The quantitative estimate of drug-likeness (QED) is 0.185. The molecule has 0 atom stereocenters. The molecule has 4 rings (SSSR count). The first kappa shape index (κ1) is 27.3. The summed E-state index contributed by atoms with van der Waals surface area (Å²) in [7, 11) is 0. The van der Waals surface area contributed by atoms with Crippen LogP contribution in [0.15, 0.2) is 64.5 Å². The van der Waals surface area contributed by atoms with E-state index in [4.69, 9.17) is 19.6 Å². The van der Waals surface area contributed by atoms with Gasteiger partial charge in [-0.3, -0.25) is 4.79 Å². The lowest BCUT2D eigenvalue weighted by molar-refractivity contribution is -0.139. The number of hydrogen-bond acceptors (Lipinski definition) is 6. The summed E-state index contributed by atoms with van der Waals surface area (Å²) < 4.78 is 13.2. The Morgan fingerprint density at radius 2 is 1.89 bits per heavy atom. The van der Waals surface area contributed by atoms with E-state index in [1.165, 1.54) is 4.68 Å². The fourth-order valence-corrected chi connectivity index (χ4v) is 4.75. The summed E-state index contributed by atoms with van der Waals surface area (Å²) in [6.07, 6.45) is 1.58. The molecule has 0 saturated heterocycles. The Bertz CT molecular complexity index is 1590. The monoisotopic (exact) mass is 625 g/mol. The third-order valence-corrected chi connectivity index (χ3v) is 6.75. The van der Waals surface area contributed by atoms with Gasteiger partial charge >= 0.3 is 5.97 Å². The summed E-state index contributed by atoms with van der Waals surface area (Å²) in [4.78, 5) is 29.3. The van der Waals surface area contributed by atoms with Gasteiger partial charge in [-0.15, -0.1) is 0 Å². The topological polar surface area (TPSA) is 103 Å². The Hall–Kier alpha value is -3.73. The molecule has 4 aromatic rings. The normalized spacial score (nSPS) is 11.4. The van der Waals surface area contributed by atoms with Gasteiger partial charge in [-0.1, -0.05) is 26.0 Å². The second kappa shape index (κ2) is 11.8. The van der Waals surface area contributed by atoms with E-state index in [2.05, 4.69) is 41.5 Å². The molecular weight excluding hydrogens is 597 g/mol. The maximum atomic E-state index is 13.6. The highest BCUT2D eigenvalue weighted by Gasteiger charge is 2.18. The number of aromatic nitrogens is 2. The number of carboxylic acids is 1. The van der Waals surface area contributed by atoms with Crippen molar-refractivity contribution in [2.45, 2.75) is 33.6 Å². The fourth-order valence-electron chi connectivity index (χ4n) is 4.05. The predicted molar refractivity (Wildman–Crippen MR) is 157 cm³/mol. The van der Waals surface area contributed by atoms with Crippen molar-refractivity contribution in [3.05, 3.63) is 85.2 Å². The number of hydrogen-bond donors (Lipinski definition) is 1. The minimum atomic E-state index is -1.05. The summed E-state index contributed by atoms with van der Waals surface area (Å²) in [5.74, 6) is 0.864. The molecule has 8 nitrogen and oxygen atoms in total. The molecule has 0 spiro atoms. The van der Waals surface area contributed by atoms with Gasteiger partial charge in [0.05, 0.1) is 27.3 Å². The molecule has 1 aromatic heterocycles. The zero-order chi connectivity index (χ0) is 27.4. The van der Waals surface area contributed by atoms with Gasteiger partial charge in [0.2, 0.25) is 0 Å². The summed E-state index contributed by atoms with van der Waals surface area (Å²) >= 11 is 2.07. The van der Waals surface area contributed by atoms with E-state index in [-0.39, 0.29) is 11.5 Å². The minimum absolute atomic E-state index is 0.198. The molecule has 0 unspecified atom stereocenters. The number of benzene rings is 3. The molecule has 0 aliphatic heterocycles. The SMILES string of the molecule is CCOc1cc(C)c(-c2nc3ccccc3c(=O)n2N=Cc2ccc(OCC(=O)O)c(I)c2)cc1C(C)C. The average molecular weight is 625 g/mol. The predicted octanol–water partition coefficient (Wildman–Crippen LogP) is 5.84. The van der Waals surface area contributed by atoms with E-state index in [1.54, 1.807) is 36.5 Å². The van der Waals surface area contributed by atoms with Crippen LogP contribution in [0.5, 0.6) is 11.5 Å². The number of aliphatic carboxylic acids is 1. The van der Waals surface area contributed by atoms with E-state index in [0.29, 0.717) is 29.1 Å². The van der Waals surface area contributed by atoms with Crippen molar-refractivity contribution >= 4 is 45.7 Å². The molecule has 0 aliphatic carbocycles. The van der Waals surface area contributed by atoms with Crippen molar-refractivity contribution in [2.75, 3.05) is 13.2 Å². The average Bonchev–Trinajstić information content (AvgIpc) is 2.87. The van der Waals surface area contributed by atoms with Crippen LogP contribution in [-0.2, 0) is 4.79 Å². The highest BCUT2D eigenvalue weighted by Crippen LogP contribution is 2.34. The molecule has 0 bridgehead atoms. The van der Waals surface area contributed by atoms with Crippen LogP contribution in [0.25, 0.3) is 22.3 Å². The summed E-state index contributed by atoms with van der Waals surface area (Å²) in [5.41, 5.74) is 3.76. The van der Waals surface area contributed by atoms with Crippen molar-refractivity contribution < 1.29 is 19.4 Å². The smallest absolute Gasteiger partial charge is 0.341 e. The van der Waals surface area contributed by atoms with Crippen LogP contribution < -0.4 is 15.0 Å². The molecule has 0 aliphatic rings. The van der Waals surface area contributed by atoms with Gasteiger partial charge in [0.25, 0.3) is 5.56 Å². The molecule has 0 fully saturated rings. The Kier molecular flexibility index (Phi) is 8.45. The molecule has 1 heterocycles. The summed E-state index contributed by atoms with van der Waals surface area (Å²) in [6.45, 7) is 8.25. The number of nitrogens with zero attached hydrogens (tertiary/aromatic N) is 3. The van der Waals surface area contributed by atoms with Gasteiger partial charge in [-0.25, -0.2) is 9.78 Å². The Balaban J connectivity index is 1.86. The van der Waals surface area contributed by atoms with E-state index in [9.17, 15) is 9.59 Å². The zero-order valence-corrected chi connectivity index (χ0v) is 23.7. The molecule has 9 heteroatoms. The molecule has 0 radical (unpaired) electrons. The van der Waals surface area contributed by atoms with Gasteiger partial charge in [0.15, 0.2) is 12.4 Å². The van der Waals surface area contributed by atoms with Crippen LogP contribution in [-0.4, -0.2) is 40.2 Å². The van der Waals surface area contributed by atoms with Gasteiger partial charge in [0.1, 0.15) is 11.5 Å². The number of aryl methyl sites for hydroxylation is 1. The van der Waals surface area contributed by atoms with Crippen LogP contribution in [0.1, 0.15) is 43.4 Å². The van der Waals surface area contributed by atoms with Gasteiger partial charge in [-0.05, 0) is 102 Å². The maximum Gasteiger partial charge on any atom is 0.341 e. The number of carboxylic acid groups (broad SMARTS) is 1. The number of halogens is 1. The van der Waals surface area contributed by atoms with Gasteiger partial charge in [0, 0.05) is 5.56 Å². The first-order valence-corrected chi connectivity index (χ1v) is 13.3. The summed E-state index contributed by atoms with van der Waals surface area (Å²) in [5, 5.41) is 13.9. The molecule has 0 saturated carbocycles. The van der Waals surface area contributed by atoms with Crippen LogP contribution in [0.4, 0.5) is 0 Å². The van der Waals surface area contributed by atoms with Crippen molar-refractivity contribution in [1.29, 1.82) is 0 Å². The number of rotatable bonds is 9. The molecule has 38 heavy (non-hydrogen) atoms. The van der Waals surface area contributed by atoms with E-state index >= 15 is 0 Å². The number of ether oxygens (including phenoxy) is 2. The number of para-hydroxylation sites is 1. The van der Waals surface area contributed by atoms with E-state index in [0.717, 1.165) is 31.6 Å². The third-order valence-electron chi connectivity index (χ3n) is 5.90. The molecule has 196 valence electrons. The number of carbonyl (C=O) groups is 1. The van der Waals surface area contributed by atoms with E-state index < -0.39 is 12.6 Å². The lowest BCUT2D eigenvalue weighted by Crippen LogP contribution is -2.21. The Morgan fingerprint density at radius 3 is 2.58 bits per heavy atom. The van der Waals surface area contributed by atoms with Crippen LogP contribution in [0.3, 0.4) is 0 Å². The molecule has 1 N–H and O–H groups in total. The highest BCUT2D eigenvalue weighted by atomic mass is 127. The second-order valence-electron chi connectivity index (χ2n) is 8.98. The highest BCUT2D eigenvalue weighted by molar-refractivity contribution is 14.1. The van der Waals surface area contributed by atoms with Crippen molar-refractivity contribution in [1.82, 2.24) is 9.66 Å². The first-order chi connectivity index (χ1) is 18.2. The maximum absolute atomic E-state index is 13.6. The van der Waals surface area contributed by atoms with Crippen molar-refractivity contribution in [3.8, 4) is 22.9 Å². The van der Waals surface area contributed by atoms with Crippen LogP contribution in [0.2, 0.25) is 0 Å². The minimum Gasteiger partial charge on any atom is -0.494 e. The summed E-state index contributed by atoms with van der Waals surface area (Å²) in [6, 6.07) is 16.5. The van der Waals surface area contributed by atoms with Gasteiger partial charge < -0.3 is 14.6 Å². The standard InChI is InChI=1S/C29H28IN3O5/c1-5-37-26-12-18(4)22(14-21(26)17(2)3)28-32-24-9-7-6-8-20(24)29(36)33(28)31-15-19-10-11-25(23(30)13-19)38-16-27(34)35/h6-15,17H,5,16H2,1-4H3,(H,34,35). The van der Waals surface area contributed by atoms with Crippen molar-refractivity contribution in [2.24, 2.45) is 5.10 Å². The largest absolute Gasteiger partial charge is 0.494 e. The van der Waals surface area contributed by atoms with Crippen LogP contribution >= 0.6 is 22.6 Å². The lowest BCUT2D eigenvalue weighted by Gasteiger charge is -2.18. The van der Waals surface area contributed by atoms with Gasteiger partial charge in [-0.2, -0.15) is 9.78 Å². The van der Waals surface area contributed by atoms with Crippen molar-refractivity contribution in [3.63, 3.8) is 0 Å². The Morgan fingerprint density at radius 1 is 1.13 bits per heavy atom. The van der Waals surface area contributed by atoms with Crippen LogP contribution in [0, 0.1) is 10.5 Å². The zero-order valence-electron chi connectivity index (χ0n) is 21.6. The molecular formula is C29H28IN3O5. The first-order valence-electron chi connectivity index (χ1n) is 12.2. The lowest BCUT2D eigenvalue weighted by atomic mass is 9.96. The fraction of sp³-hybridized carbons (Fsp3) is 0.241. The Labute approximate surface area is 234 Å². The molecule has 0 amide bonds. The third kappa shape index (κ3) is 5.88. The number of fused-ring (bicyclic) bond motifs is 1. The van der Waals surface area contributed by atoms with E-state index in [1.807, 2.05) is 38.1 Å².